The van der Waals surface area contributed by atoms with Gasteiger partial charge in [-0.3, -0.25) is 0 Å². The molecule has 24 heavy (non-hydrogen) atoms. The number of hydrogen-bond donors (Lipinski definition) is 2. The molecule has 0 amide bonds. The molecule has 0 unspecified atom stereocenters. The minimum absolute atomic E-state index is 0.0187. The Morgan fingerprint density at radius 2 is 1.67 bits per heavy atom. The van der Waals surface area contributed by atoms with Crippen molar-refractivity contribution in [2.24, 2.45) is 0 Å². The van der Waals surface area contributed by atoms with Crippen LogP contribution in [-0.4, -0.2) is 17.7 Å². The van der Waals surface area contributed by atoms with Crippen LogP contribution < -0.4 is 5.32 Å². The Kier molecular flexibility index (Phi) is 5.99. The van der Waals surface area contributed by atoms with Gasteiger partial charge in [0.05, 0.1) is 6.10 Å². The van der Waals surface area contributed by atoms with Gasteiger partial charge in [-0.15, -0.1) is 0 Å². The summed E-state index contributed by atoms with van der Waals surface area (Å²) in [6.45, 7) is 2.73. The van der Waals surface area contributed by atoms with Crippen LogP contribution in [0.25, 0.3) is 5.57 Å². The van der Waals surface area contributed by atoms with Crippen molar-refractivity contribution in [3.05, 3.63) is 86.8 Å². The van der Waals surface area contributed by atoms with Crippen LogP contribution in [0, 0.1) is 0 Å². The number of aliphatic hydroxyl groups is 1. The number of aliphatic hydroxyl groups excluding tert-OH is 1. The second kappa shape index (κ2) is 8.40. The van der Waals surface area contributed by atoms with Crippen molar-refractivity contribution in [2.45, 2.75) is 19.1 Å². The quantitative estimate of drug-likeness (QED) is 0.628. The molecule has 3 rings (SSSR count). The highest BCUT2D eigenvalue weighted by Gasteiger charge is 2.15. The number of benzene rings is 1. The lowest BCUT2D eigenvalue weighted by Gasteiger charge is -2.20. The number of rotatable bonds is 7. The van der Waals surface area contributed by atoms with Crippen LogP contribution in [0.3, 0.4) is 0 Å². The van der Waals surface area contributed by atoms with E-state index in [4.69, 9.17) is 0 Å². The first-order valence-electron chi connectivity index (χ1n) is 7.97. The van der Waals surface area contributed by atoms with Gasteiger partial charge in [-0.1, -0.05) is 36.4 Å². The standard InChI is InChI=1S/C20H21NOS2/c1-15(20(22)16-5-3-2-4-6-16)21-10-7-19(17-8-11-23-13-17)18-9-12-24-14-18/h2-9,11-15,20-22H,10H2,1H3/t15-,20+/m1/s1. The van der Waals surface area contributed by atoms with E-state index in [0.29, 0.717) is 6.54 Å². The second-order valence-corrected chi connectivity index (χ2v) is 7.25. The largest absolute Gasteiger partial charge is 0.387 e. The highest BCUT2D eigenvalue weighted by molar-refractivity contribution is 7.08. The fraction of sp³-hybridized carbons (Fsp3) is 0.200. The molecule has 2 atom stereocenters. The Morgan fingerprint density at radius 3 is 2.21 bits per heavy atom. The van der Waals surface area contributed by atoms with Crippen molar-refractivity contribution in [3.8, 4) is 0 Å². The average molecular weight is 356 g/mol. The molecule has 2 N–H and O–H groups in total. The average Bonchev–Trinajstić information content (AvgIpc) is 3.32. The Balaban J connectivity index is 1.67. The maximum absolute atomic E-state index is 10.4. The zero-order valence-electron chi connectivity index (χ0n) is 13.6. The molecule has 0 saturated carbocycles. The molecule has 124 valence electrons. The monoisotopic (exact) mass is 355 g/mol. The summed E-state index contributed by atoms with van der Waals surface area (Å²) in [5.41, 5.74) is 4.68. The van der Waals surface area contributed by atoms with Crippen molar-refractivity contribution in [3.63, 3.8) is 0 Å². The molecule has 0 spiro atoms. The van der Waals surface area contributed by atoms with Crippen LogP contribution in [-0.2, 0) is 0 Å². The summed E-state index contributed by atoms with van der Waals surface area (Å²) >= 11 is 3.42. The molecule has 0 radical (unpaired) electrons. The van der Waals surface area contributed by atoms with Crippen LogP contribution in [0.5, 0.6) is 0 Å². The van der Waals surface area contributed by atoms with Gasteiger partial charge in [-0.05, 0) is 62.8 Å². The van der Waals surface area contributed by atoms with Crippen LogP contribution in [0.1, 0.15) is 29.7 Å². The molecule has 0 fully saturated rings. The van der Waals surface area contributed by atoms with Gasteiger partial charge < -0.3 is 10.4 Å². The van der Waals surface area contributed by atoms with Gasteiger partial charge in [0.25, 0.3) is 0 Å². The smallest absolute Gasteiger partial charge is 0.0940 e. The highest BCUT2D eigenvalue weighted by Crippen LogP contribution is 2.26. The van der Waals surface area contributed by atoms with E-state index in [2.05, 4.69) is 45.0 Å². The summed E-state index contributed by atoms with van der Waals surface area (Å²) in [6, 6.07) is 14.1. The second-order valence-electron chi connectivity index (χ2n) is 5.69. The maximum atomic E-state index is 10.4. The number of thiophene rings is 2. The van der Waals surface area contributed by atoms with E-state index in [1.165, 1.54) is 16.7 Å². The van der Waals surface area contributed by atoms with E-state index in [1.54, 1.807) is 22.7 Å². The Bertz CT molecular complexity index is 712. The molecule has 2 aromatic heterocycles. The van der Waals surface area contributed by atoms with Gasteiger partial charge in [-0.2, -0.15) is 22.7 Å². The van der Waals surface area contributed by atoms with Gasteiger partial charge in [0.15, 0.2) is 0 Å². The lowest BCUT2D eigenvalue weighted by atomic mass is 10.0. The topological polar surface area (TPSA) is 32.3 Å². The fourth-order valence-electron chi connectivity index (χ4n) is 2.64. The molecule has 0 aliphatic carbocycles. The molecule has 0 aliphatic rings. The van der Waals surface area contributed by atoms with E-state index in [-0.39, 0.29) is 6.04 Å². The zero-order chi connectivity index (χ0) is 16.8. The first kappa shape index (κ1) is 17.1. The van der Waals surface area contributed by atoms with Crippen molar-refractivity contribution in [2.75, 3.05) is 6.54 Å². The molecular formula is C20H21NOS2. The van der Waals surface area contributed by atoms with Gasteiger partial charge in [0, 0.05) is 12.6 Å². The molecule has 3 aromatic rings. The molecule has 2 heterocycles. The van der Waals surface area contributed by atoms with Crippen LogP contribution in [0.4, 0.5) is 0 Å². The first-order valence-corrected chi connectivity index (χ1v) is 9.86. The Labute approximate surface area is 151 Å². The van der Waals surface area contributed by atoms with E-state index >= 15 is 0 Å². The Morgan fingerprint density at radius 1 is 1.04 bits per heavy atom. The van der Waals surface area contributed by atoms with E-state index in [9.17, 15) is 5.11 Å². The Hall–Kier alpha value is -1.72. The number of hydrogen-bond acceptors (Lipinski definition) is 4. The van der Waals surface area contributed by atoms with Crippen molar-refractivity contribution >= 4 is 28.2 Å². The molecule has 2 nitrogen and oxygen atoms in total. The van der Waals surface area contributed by atoms with Gasteiger partial charge in [0.2, 0.25) is 0 Å². The minimum Gasteiger partial charge on any atom is -0.387 e. The summed E-state index contributed by atoms with van der Waals surface area (Å²) in [7, 11) is 0. The van der Waals surface area contributed by atoms with Crippen LogP contribution in [0.15, 0.2) is 70.1 Å². The zero-order valence-corrected chi connectivity index (χ0v) is 15.2. The van der Waals surface area contributed by atoms with Crippen molar-refractivity contribution in [1.82, 2.24) is 5.32 Å². The van der Waals surface area contributed by atoms with Gasteiger partial charge in [-0.25, -0.2) is 0 Å². The van der Waals surface area contributed by atoms with E-state index < -0.39 is 6.10 Å². The predicted molar refractivity (Wildman–Crippen MR) is 105 cm³/mol. The third kappa shape index (κ3) is 4.22. The normalized spacial score (nSPS) is 13.4. The van der Waals surface area contributed by atoms with Crippen LogP contribution in [0.2, 0.25) is 0 Å². The van der Waals surface area contributed by atoms with Crippen LogP contribution >= 0.6 is 22.7 Å². The SMILES string of the molecule is C[C@@H](NCC=C(c1ccsc1)c1ccsc1)[C@H](O)c1ccccc1. The van der Waals surface area contributed by atoms with Crippen molar-refractivity contribution in [1.29, 1.82) is 0 Å². The van der Waals surface area contributed by atoms with Crippen molar-refractivity contribution < 1.29 is 5.11 Å². The third-order valence-electron chi connectivity index (χ3n) is 4.03. The fourth-order valence-corrected chi connectivity index (χ4v) is 3.95. The van der Waals surface area contributed by atoms with E-state index in [0.717, 1.165) is 5.56 Å². The highest BCUT2D eigenvalue weighted by atomic mass is 32.1. The van der Waals surface area contributed by atoms with Gasteiger partial charge in [0.1, 0.15) is 0 Å². The summed E-state index contributed by atoms with van der Waals surface area (Å²) < 4.78 is 0. The minimum atomic E-state index is -0.509. The molecular weight excluding hydrogens is 334 g/mol. The third-order valence-corrected chi connectivity index (χ3v) is 5.39. The first-order chi connectivity index (χ1) is 11.8. The molecule has 0 saturated heterocycles. The molecule has 0 bridgehead atoms. The molecule has 4 heteroatoms. The number of nitrogens with one attached hydrogen (secondary N) is 1. The summed E-state index contributed by atoms with van der Waals surface area (Å²) in [5.74, 6) is 0. The lowest BCUT2D eigenvalue weighted by Crippen LogP contribution is -2.32. The van der Waals surface area contributed by atoms with Gasteiger partial charge >= 0.3 is 0 Å². The van der Waals surface area contributed by atoms with E-state index in [1.807, 2.05) is 37.3 Å². The maximum Gasteiger partial charge on any atom is 0.0940 e. The lowest BCUT2D eigenvalue weighted by molar-refractivity contribution is 0.138. The molecule has 1 aromatic carbocycles. The predicted octanol–water partition coefficient (Wildman–Crippen LogP) is 4.95. The summed E-state index contributed by atoms with van der Waals surface area (Å²) in [4.78, 5) is 0. The summed E-state index contributed by atoms with van der Waals surface area (Å²) in [6.07, 6.45) is 1.70. The molecule has 0 aliphatic heterocycles. The summed E-state index contributed by atoms with van der Waals surface area (Å²) in [5, 5.41) is 22.4.